The lowest BCUT2D eigenvalue weighted by Gasteiger charge is -2.11. The Morgan fingerprint density at radius 2 is 1.79 bits per heavy atom. The van der Waals surface area contributed by atoms with E-state index in [2.05, 4.69) is 4.98 Å². The van der Waals surface area contributed by atoms with Gasteiger partial charge in [-0.2, -0.15) is 0 Å². The molecule has 0 saturated carbocycles. The van der Waals surface area contributed by atoms with Crippen LogP contribution in [-0.2, 0) is 13.0 Å². The van der Waals surface area contributed by atoms with Crippen molar-refractivity contribution in [2.45, 2.75) is 19.9 Å². The maximum absolute atomic E-state index is 14.4. The smallest absolute Gasteiger partial charge is 0.336 e. The van der Waals surface area contributed by atoms with Gasteiger partial charge in [0.2, 0.25) is 5.88 Å². The van der Waals surface area contributed by atoms with Crippen molar-refractivity contribution in [1.29, 1.82) is 0 Å². The highest BCUT2D eigenvalue weighted by Gasteiger charge is 2.15. The molecule has 0 bridgehead atoms. The van der Waals surface area contributed by atoms with Gasteiger partial charge in [-0.1, -0.05) is 43.3 Å². The molecule has 3 aromatic carbocycles. The number of aryl methyl sites for hydroxylation is 1. The molecule has 0 radical (unpaired) electrons. The van der Waals surface area contributed by atoms with Gasteiger partial charge in [0.1, 0.15) is 11.6 Å². The first kappa shape index (κ1) is 22.2. The molecule has 4 rings (SSSR count). The number of carbonyl (C=O) groups is 1. The lowest BCUT2D eigenvalue weighted by Crippen LogP contribution is -2.02. The summed E-state index contributed by atoms with van der Waals surface area (Å²) in [7, 11) is 0. The van der Waals surface area contributed by atoms with Crippen LogP contribution in [0.2, 0.25) is 0 Å². The molecule has 0 aliphatic heterocycles. The predicted octanol–water partition coefficient (Wildman–Crippen LogP) is 6.07. The number of halogens is 1. The Morgan fingerprint density at radius 1 is 0.970 bits per heavy atom. The summed E-state index contributed by atoms with van der Waals surface area (Å²) in [5.41, 5.74) is 10.2. The minimum absolute atomic E-state index is 0.173. The lowest BCUT2D eigenvalue weighted by molar-refractivity contribution is 0.0697. The number of ether oxygens (including phenoxy) is 1. The molecule has 6 heteroatoms. The van der Waals surface area contributed by atoms with E-state index in [-0.39, 0.29) is 17.2 Å². The fourth-order valence-electron chi connectivity index (χ4n) is 3.62. The molecule has 0 aliphatic rings. The SMILES string of the molecule is CCc1ccc(-c2cccc(Oc3cc(F)cc(-c4cccc(CN)c4)c3)n2)c(C(=O)O)c1. The second kappa shape index (κ2) is 9.63. The van der Waals surface area contributed by atoms with Gasteiger partial charge >= 0.3 is 5.97 Å². The minimum Gasteiger partial charge on any atom is -0.478 e. The monoisotopic (exact) mass is 442 g/mol. The van der Waals surface area contributed by atoms with Gasteiger partial charge in [-0.05, 0) is 59.0 Å². The molecule has 1 aromatic heterocycles. The Bertz CT molecular complexity index is 1320. The summed E-state index contributed by atoms with van der Waals surface area (Å²) in [5.74, 6) is -0.953. The Kier molecular flexibility index (Phi) is 6.47. The third-order valence-electron chi connectivity index (χ3n) is 5.31. The molecule has 0 saturated heterocycles. The quantitative estimate of drug-likeness (QED) is 0.363. The number of pyridine rings is 1. The number of carboxylic acid groups (broad SMARTS) is 1. The van der Waals surface area contributed by atoms with Crippen molar-refractivity contribution in [1.82, 2.24) is 4.98 Å². The van der Waals surface area contributed by atoms with E-state index in [1.807, 2.05) is 37.3 Å². The normalized spacial score (nSPS) is 10.8. The van der Waals surface area contributed by atoms with Crippen molar-refractivity contribution < 1.29 is 19.0 Å². The maximum atomic E-state index is 14.4. The zero-order chi connectivity index (χ0) is 23.4. The number of aromatic nitrogens is 1. The Balaban J connectivity index is 1.67. The standard InChI is InChI=1S/C27H23FN2O3/c1-2-17-9-10-23(24(12-17)27(31)32)25-7-4-8-26(30-25)33-22-14-20(13-21(28)15-22)19-6-3-5-18(11-19)16-29/h3-15H,2,16,29H2,1H3,(H,31,32). The second-order valence-corrected chi connectivity index (χ2v) is 7.58. The van der Waals surface area contributed by atoms with E-state index in [0.29, 0.717) is 23.4 Å². The second-order valence-electron chi connectivity index (χ2n) is 7.58. The lowest BCUT2D eigenvalue weighted by atomic mass is 10.00. The Morgan fingerprint density at radius 3 is 2.55 bits per heavy atom. The van der Waals surface area contributed by atoms with Gasteiger partial charge in [-0.15, -0.1) is 0 Å². The summed E-state index contributed by atoms with van der Waals surface area (Å²) in [4.78, 5) is 16.3. The summed E-state index contributed by atoms with van der Waals surface area (Å²) in [6.45, 7) is 2.35. The number of nitrogens with zero attached hydrogens (tertiary/aromatic N) is 1. The first-order chi connectivity index (χ1) is 16.0. The summed E-state index contributed by atoms with van der Waals surface area (Å²) in [6, 6.07) is 22.4. The molecule has 0 fully saturated rings. The molecule has 0 spiro atoms. The minimum atomic E-state index is -1.03. The average molecular weight is 442 g/mol. The maximum Gasteiger partial charge on any atom is 0.336 e. The molecule has 1 heterocycles. The van der Waals surface area contributed by atoms with E-state index in [1.54, 1.807) is 36.4 Å². The third-order valence-corrected chi connectivity index (χ3v) is 5.31. The summed E-state index contributed by atoms with van der Waals surface area (Å²) >= 11 is 0. The van der Waals surface area contributed by atoms with Crippen molar-refractivity contribution in [3.8, 4) is 34.0 Å². The Labute approximate surface area is 191 Å². The fourth-order valence-corrected chi connectivity index (χ4v) is 3.62. The van der Waals surface area contributed by atoms with E-state index in [4.69, 9.17) is 10.5 Å². The van der Waals surface area contributed by atoms with Crippen LogP contribution in [0, 0.1) is 5.82 Å². The van der Waals surface area contributed by atoms with E-state index in [0.717, 1.165) is 23.1 Å². The highest BCUT2D eigenvalue weighted by molar-refractivity contribution is 5.95. The van der Waals surface area contributed by atoms with Gasteiger partial charge in [0.25, 0.3) is 0 Å². The number of hydrogen-bond donors (Lipinski definition) is 2. The molecule has 0 unspecified atom stereocenters. The topological polar surface area (TPSA) is 85.4 Å². The molecular formula is C27H23FN2O3. The van der Waals surface area contributed by atoms with Gasteiger partial charge in [0.15, 0.2) is 0 Å². The average Bonchev–Trinajstić information content (AvgIpc) is 2.83. The molecule has 0 aliphatic carbocycles. The van der Waals surface area contributed by atoms with Gasteiger partial charge in [-0.3, -0.25) is 0 Å². The molecule has 4 aromatic rings. The highest BCUT2D eigenvalue weighted by atomic mass is 19.1. The van der Waals surface area contributed by atoms with Gasteiger partial charge in [0.05, 0.1) is 11.3 Å². The van der Waals surface area contributed by atoms with Gasteiger partial charge < -0.3 is 15.6 Å². The van der Waals surface area contributed by atoms with E-state index >= 15 is 0 Å². The van der Waals surface area contributed by atoms with Gasteiger partial charge in [0, 0.05) is 24.2 Å². The highest BCUT2D eigenvalue weighted by Crippen LogP contribution is 2.31. The molecule has 0 atom stereocenters. The molecule has 33 heavy (non-hydrogen) atoms. The van der Waals surface area contributed by atoms with Crippen LogP contribution in [0.1, 0.15) is 28.4 Å². The van der Waals surface area contributed by atoms with Crippen LogP contribution in [0.15, 0.2) is 78.9 Å². The van der Waals surface area contributed by atoms with Crippen LogP contribution in [0.3, 0.4) is 0 Å². The van der Waals surface area contributed by atoms with Gasteiger partial charge in [-0.25, -0.2) is 14.2 Å². The third kappa shape index (κ3) is 5.07. The fraction of sp³-hybridized carbons (Fsp3) is 0.111. The molecular weight excluding hydrogens is 419 g/mol. The van der Waals surface area contributed by atoms with Crippen molar-refractivity contribution in [2.24, 2.45) is 5.73 Å². The Hall–Kier alpha value is -4.03. The molecule has 5 nitrogen and oxygen atoms in total. The molecule has 0 amide bonds. The largest absolute Gasteiger partial charge is 0.478 e. The number of carboxylic acids is 1. The van der Waals surface area contributed by atoms with Crippen LogP contribution in [0.4, 0.5) is 4.39 Å². The number of nitrogens with two attached hydrogens (primary N) is 1. The number of benzene rings is 3. The van der Waals surface area contributed by atoms with Crippen molar-refractivity contribution >= 4 is 5.97 Å². The van der Waals surface area contributed by atoms with E-state index < -0.39 is 11.8 Å². The van der Waals surface area contributed by atoms with Crippen LogP contribution < -0.4 is 10.5 Å². The van der Waals surface area contributed by atoms with Crippen LogP contribution in [0.5, 0.6) is 11.6 Å². The summed E-state index contributed by atoms with van der Waals surface area (Å²) < 4.78 is 20.2. The number of hydrogen-bond acceptors (Lipinski definition) is 4. The number of rotatable bonds is 7. The first-order valence-corrected chi connectivity index (χ1v) is 10.6. The van der Waals surface area contributed by atoms with E-state index in [9.17, 15) is 14.3 Å². The number of aromatic carboxylic acids is 1. The zero-order valence-corrected chi connectivity index (χ0v) is 18.1. The zero-order valence-electron chi connectivity index (χ0n) is 18.1. The first-order valence-electron chi connectivity index (χ1n) is 10.6. The van der Waals surface area contributed by atoms with Crippen LogP contribution >= 0.6 is 0 Å². The van der Waals surface area contributed by atoms with E-state index in [1.165, 1.54) is 12.1 Å². The summed E-state index contributed by atoms with van der Waals surface area (Å²) in [5, 5.41) is 9.65. The molecule has 166 valence electrons. The van der Waals surface area contributed by atoms with Crippen LogP contribution in [0.25, 0.3) is 22.4 Å². The predicted molar refractivity (Wildman–Crippen MR) is 126 cm³/mol. The molecule has 3 N–H and O–H groups in total. The van der Waals surface area contributed by atoms with Crippen molar-refractivity contribution in [3.63, 3.8) is 0 Å². The van der Waals surface area contributed by atoms with Crippen LogP contribution in [-0.4, -0.2) is 16.1 Å². The van der Waals surface area contributed by atoms with Crippen molar-refractivity contribution in [3.05, 3.63) is 101 Å². The van der Waals surface area contributed by atoms with Crippen molar-refractivity contribution in [2.75, 3.05) is 0 Å². The summed E-state index contributed by atoms with van der Waals surface area (Å²) in [6.07, 6.45) is 0.729.